The minimum absolute atomic E-state index is 0.0873. The van der Waals surface area contributed by atoms with Gasteiger partial charge in [0.1, 0.15) is 11.4 Å². The number of carbonyl (C=O) groups excluding carboxylic acids is 1. The smallest absolute Gasteiger partial charge is 0.196 e. The van der Waals surface area contributed by atoms with Crippen LogP contribution in [-0.4, -0.2) is 20.0 Å². The molecule has 0 amide bonds. The van der Waals surface area contributed by atoms with Crippen LogP contribution in [0.3, 0.4) is 0 Å². The number of hydrogen-bond acceptors (Lipinski definition) is 5. The number of benzene rings is 3. The molecule has 1 aliphatic heterocycles. The predicted molar refractivity (Wildman–Crippen MR) is 117 cm³/mol. The Labute approximate surface area is 183 Å². The largest absolute Gasteiger partial charge is 0.493 e. The first-order chi connectivity index (χ1) is 14.6. The van der Waals surface area contributed by atoms with E-state index in [1.807, 2.05) is 54.6 Å². The number of Topliss-reactive ketones (excluding diaryl/α,β-unsaturated/α-hetero) is 1. The first-order valence-corrected chi connectivity index (χ1v) is 10.4. The van der Waals surface area contributed by atoms with Crippen molar-refractivity contribution in [1.82, 2.24) is 0 Å². The summed E-state index contributed by atoms with van der Waals surface area (Å²) in [6, 6.07) is 20.8. The Morgan fingerprint density at radius 3 is 2.40 bits per heavy atom. The van der Waals surface area contributed by atoms with Gasteiger partial charge in [0, 0.05) is 11.1 Å². The van der Waals surface area contributed by atoms with Crippen molar-refractivity contribution in [3.05, 3.63) is 83.4 Å². The molecule has 0 saturated carbocycles. The quantitative estimate of drug-likeness (QED) is 0.452. The van der Waals surface area contributed by atoms with Crippen LogP contribution < -0.4 is 18.9 Å². The van der Waals surface area contributed by atoms with Gasteiger partial charge in [-0.3, -0.25) is 4.79 Å². The third kappa shape index (κ3) is 3.87. The number of para-hydroxylation sites is 1. The highest BCUT2D eigenvalue weighted by Gasteiger charge is 2.38. The SMILES string of the molecule is COc1cc(C2Oc3c(OC)cccc3C(Br)C2=O)ccc1OCc1ccccc1. The van der Waals surface area contributed by atoms with Crippen molar-refractivity contribution in [3.8, 4) is 23.0 Å². The number of ketones is 1. The fourth-order valence-electron chi connectivity index (χ4n) is 3.42. The molecule has 0 N–H and O–H groups in total. The molecule has 3 aromatic carbocycles. The number of carbonyl (C=O) groups is 1. The molecule has 6 heteroatoms. The molecule has 5 nitrogen and oxygen atoms in total. The van der Waals surface area contributed by atoms with Crippen molar-refractivity contribution in [2.24, 2.45) is 0 Å². The monoisotopic (exact) mass is 468 g/mol. The summed E-state index contributed by atoms with van der Waals surface area (Å²) >= 11 is 3.51. The van der Waals surface area contributed by atoms with E-state index >= 15 is 0 Å². The molecule has 0 radical (unpaired) electrons. The lowest BCUT2D eigenvalue weighted by Gasteiger charge is -2.29. The third-order valence-corrected chi connectivity index (χ3v) is 5.92. The van der Waals surface area contributed by atoms with E-state index in [0.717, 1.165) is 11.1 Å². The molecule has 4 rings (SSSR count). The minimum atomic E-state index is -0.782. The van der Waals surface area contributed by atoms with E-state index < -0.39 is 10.9 Å². The van der Waals surface area contributed by atoms with Crippen molar-refractivity contribution in [2.45, 2.75) is 17.5 Å². The number of hydrogen-bond donors (Lipinski definition) is 0. The second kappa shape index (κ2) is 8.79. The lowest BCUT2D eigenvalue weighted by Crippen LogP contribution is -2.27. The zero-order valence-corrected chi connectivity index (χ0v) is 18.2. The summed E-state index contributed by atoms with van der Waals surface area (Å²) in [5, 5.41) is 0. The van der Waals surface area contributed by atoms with Crippen molar-refractivity contribution < 1.29 is 23.7 Å². The van der Waals surface area contributed by atoms with Gasteiger partial charge < -0.3 is 18.9 Å². The summed E-state index contributed by atoms with van der Waals surface area (Å²) in [4.78, 5) is 12.5. The molecular weight excluding hydrogens is 448 g/mol. The number of rotatable bonds is 6. The number of ether oxygens (including phenoxy) is 4. The zero-order valence-electron chi connectivity index (χ0n) is 16.6. The van der Waals surface area contributed by atoms with E-state index in [4.69, 9.17) is 18.9 Å². The Morgan fingerprint density at radius 1 is 0.900 bits per heavy atom. The fourth-order valence-corrected chi connectivity index (χ4v) is 4.02. The highest BCUT2D eigenvalue weighted by molar-refractivity contribution is 9.09. The first-order valence-electron chi connectivity index (χ1n) is 9.48. The van der Waals surface area contributed by atoms with E-state index in [0.29, 0.717) is 35.2 Å². The highest BCUT2D eigenvalue weighted by Crippen LogP contribution is 2.47. The maximum Gasteiger partial charge on any atom is 0.196 e. The summed E-state index contributed by atoms with van der Waals surface area (Å²) in [6.07, 6.45) is -0.782. The molecular formula is C24H21BrO5. The topological polar surface area (TPSA) is 54.0 Å². The van der Waals surface area contributed by atoms with Gasteiger partial charge in [-0.25, -0.2) is 0 Å². The molecule has 0 fully saturated rings. The molecule has 0 saturated heterocycles. The number of methoxy groups -OCH3 is 2. The summed E-state index contributed by atoms with van der Waals surface area (Å²) in [5.74, 6) is 2.20. The van der Waals surface area contributed by atoms with Crippen LogP contribution in [0.5, 0.6) is 23.0 Å². The molecule has 1 aliphatic rings. The Balaban J connectivity index is 1.61. The Kier molecular flexibility index (Phi) is 5.95. The van der Waals surface area contributed by atoms with Crippen LogP contribution in [0.25, 0.3) is 0 Å². The summed E-state index contributed by atoms with van der Waals surface area (Å²) in [7, 11) is 3.15. The standard InChI is InChI=1S/C24H21BrO5/c1-27-19-10-6-9-17-21(25)22(26)23(30-24(17)19)16-11-12-18(20(13-16)28-2)29-14-15-7-4-3-5-8-15/h3-13,21,23H,14H2,1-2H3. The number of fused-ring (bicyclic) bond motifs is 1. The van der Waals surface area contributed by atoms with Crippen molar-refractivity contribution in [2.75, 3.05) is 14.2 Å². The maximum atomic E-state index is 13.0. The van der Waals surface area contributed by atoms with Gasteiger partial charge in [-0.05, 0) is 23.8 Å². The molecule has 2 atom stereocenters. The van der Waals surface area contributed by atoms with Gasteiger partial charge in [0.25, 0.3) is 0 Å². The van der Waals surface area contributed by atoms with Gasteiger partial charge in [0.15, 0.2) is 34.9 Å². The predicted octanol–water partition coefficient (Wildman–Crippen LogP) is 5.42. The Morgan fingerprint density at radius 2 is 1.67 bits per heavy atom. The molecule has 0 aliphatic carbocycles. The molecule has 0 aromatic heterocycles. The highest BCUT2D eigenvalue weighted by atomic mass is 79.9. The molecule has 1 heterocycles. The normalized spacial score (nSPS) is 17.6. The van der Waals surface area contributed by atoms with Crippen LogP contribution in [0.15, 0.2) is 66.7 Å². The van der Waals surface area contributed by atoms with Gasteiger partial charge in [0.05, 0.1) is 14.2 Å². The molecule has 0 spiro atoms. The van der Waals surface area contributed by atoms with Gasteiger partial charge in [0.2, 0.25) is 0 Å². The number of alkyl halides is 1. The van der Waals surface area contributed by atoms with E-state index in [1.54, 1.807) is 26.4 Å². The maximum absolute atomic E-state index is 13.0. The minimum Gasteiger partial charge on any atom is -0.493 e. The summed E-state index contributed by atoms with van der Waals surface area (Å²) < 4.78 is 22.9. The van der Waals surface area contributed by atoms with E-state index in [1.165, 1.54) is 0 Å². The lowest BCUT2D eigenvalue weighted by molar-refractivity contribution is -0.126. The number of halogens is 1. The van der Waals surface area contributed by atoms with Gasteiger partial charge in [-0.15, -0.1) is 0 Å². The molecule has 154 valence electrons. The van der Waals surface area contributed by atoms with Crippen LogP contribution in [0.2, 0.25) is 0 Å². The summed E-state index contributed by atoms with van der Waals surface area (Å²) in [6.45, 7) is 0.420. The molecule has 30 heavy (non-hydrogen) atoms. The van der Waals surface area contributed by atoms with Crippen LogP contribution >= 0.6 is 15.9 Å². The van der Waals surface area contributed by atoms with Gasteiger partial charge in [-0.1, -0.05) is 64.5 Å². The molecule has 3 aromatic rings. The average Bonchev–Trinajstić information content (AvgIpc) is 2.80. The summed E-state index contributed by atoms with van der Waals surface area (Å²) in [5.41, 5.74) is 2.50. The third-order valence-electron chi connectivity index (χ3n) is 4.97. The van der Waals surface area contributed by atoms with Gasteiger partial charge >= 0.3 is 0 Å². The van der Waals surface area contributed by atoms with Crippen molar-refractivity contribution in [1.29, 1.82) is 0 Å². The van der Waals surface area contributed by atoms with E-state index in [-0.39, 0.29) is 5.78 Å². The second-order valence-electron chi connectivity index (χ2n) is 6.83. The van der Waals surface area contributed by atoms with Crippen LogP contribution in [0.4, 0.5) is 0 Å². The van der Waals surface area contributed by atoms with Crippen LogP contribution in [0.1, 0.15) is 27.6 Å². The van der Waals surface area contributed by atoms with E-state index in [9.17, 15) is 4.79 Å². The molecule has 2 unspecified atom stereocenters. The second-order valence-corrected chi connectivity index (χ2v) is 7.74. The Hall–Kier alpha value is -2.99. The fraction of sp³-hybridized carbons (Fsp3) is 0.208. The van der Waals surface area contributed by atoms with Crippen molar-refractivity contribution >= 4 is 21.7 Å². The lowest BCUT2D eigenvalue weighted by atomic mass is 9.95. The average molecular weight is 469 g/mol. The van der Waals surface area contributed by atoms with E-state index in [2.05, 4.69) is 15.9 Å². The first kappa shape index (κ1) is 20.3. The molecule has 0 bridgehead atoms. The van der Waals surface area contributed by atoms with Crippen LogP contribution in [0, 0.1) is 0 Å². The zero-order chi connectivity index (χ0) is 21.1. The van der Waals surface area contributed by atoms with Crippen LogP contribution in [-0.2, 0) is 11.4 Å². The Bertz CT molecular complexity index is 1050. The van der Waals surface area contributed by atoms with Gasteiger partial charge in [-0.2, -0.15) is 0 Å². The van der Waals surface area contributed by atoms with Crippen molar-refractivity contribution in [3.63, 3.8) is 0 Å².